The maximum atomic E-state index is 8.60. The van der Waals surface area contributed by atoms with Gasteiger partial charge in [0.15, 0.2) is 5.84 Å². The van der Waals surface area contributed by atoms with Crippen LogP contribution in [0.5, 0.6) is 0 Å². The van der Waals surface area contributed by atoms with Crippen molar-refractivity contribution >= 4 is 23.1 Å². The Morgan fingerprint density at radius 3 is 2.65 bits per heavy atom. The number of rotatable bonds is 5. The standard InChI is InChI=1S/C12H18ClN3O/c1-3-7-16(4-2)11-6-5-9(8-10(11)13)12(14)15-17/h5-6,8,17H,3-4,7H2,1-2H3,(H2,14,15). The second kappa shape index (κ2) is 6.35. The Labute approximate surface area is 107 Å². The Balaban J connectivity index is 3.04. The van der Waals surface area contributed by atoms with Crippen LogP contribution in [0.2, 0.25) is 5.02 Å². The third-order valence-electron chi connectivity index (χ3n) is 2.57. The van der Waals surface area contributed by atoms with Gasteiger partial charge >= 0.3 is 0 Å². The van der Waals surface area contributed by atoms with Crippen LogP contribution in [0, 0.1) is 0 Å². The number of hydrogen-bond donors (Lipinski definition) is 2. The quantitative estimate of drug-likeness (QED) is 0.368. The molecular formula is C12H18ClN3O. The van der Waals surface area contributed by atoms with E-state index in [4.69, 9.17) is 22.5 Å². The molecule has 4 nitrogen and oxygen atoms in total. The molecule has 0 heterocycles. The maximum absolute atomic E-state index is 8.60. The zero-order valence-electron chi connectivity index (χ0n) is 10.2. The van der Waals surface area contributed by atoms with Crippen LogP contribution < -0.4 is 10.6 Å². The summed E-state index contributed by atoms with van der Waals surface area (Å²) in [6.07, 6.45) is 1.06. The van der Waals surface area contributed by atoms with Crippen molar-refractivity contribution in [1.29, 1.82) is 0 Å². The van der Waals surface area contributed by atoms with Gasteiger partial charge < -0.3 is 15.8 Å². The molecule has 0 unspecified atom stereocenters. The van der Waals surface area contributed by atoms with E-state index in [1.165, 1.54) is 0 Å². The predicted molar refractivity (Wildman–Crippen MR) is 72.1 cm³/mol. The predicted octanol–water partition coefficient (Wildman–Crippen LogP) is 2.67. The molecule has 1 aromatic carbocycles. The van der Waals surface area contributed by atoms with E-state index in [0.717, 1.165) is 25.2 Å². The maximum Gasteiger partial charge on any atom is 0.170 e. The van der Waals surface area contributed by atoms with Gasteiger partial charge in [-0.25, -0.2) is 0 Å². The van der Waals surface area contributed by atoms with Crippen molar-refractivity contribution in [2.45, 2.75) is 20.3 Å². The SMILES string of the molecule is CCCN(CC)c1ccc(C(N)=NO)cc1Cl. The molecule has 0 aliphatic heterocycles. The van der Waals surface area contributed by atoms with Gasteiger partial charge in [0.2, 0.25) is 0 Å². The van der Waals surface area contributed by atoms with Gasteiger partial charge in [-0.1, -0.05) is 23.7 Å². The molecule has 5 heteroatoms. The van der Waals surface area contributed by atoms with E-state index in [1.807, 2.05) is 6.07 Å². The highest BCUT2D eigenvalue weighted by atomic mass is 35.5. The van der Waals surface area contributed by atoms with Crippen molar-refractivity contribution in [3.05, 3.63) is 28.8 Å². The number of nitrogens with zero attached hydrogens (tertiary/aromatic N) is 2. The highest BCUT2D eigenvalue weighted by Gasteiger charge is 2.09. The van der Waals surface area contributed by atoms with E-state index in [9.17, 15) is 0 Å². The van der Waals surface area contributed by atoms with Crippen molar-refractivity contribution in [2.75, 3.05) is 18.0 Å². The summed E-state index contributed by atoms with van der Waals surface area (Å²) in [5.74, 6) is 0.0667. The lowest BCUT2D eigenvalue weighted by molar-refractivity contribution is 0.318. The summed E-state index contributed by atoms with van der Waals surface area (Å²) < 4.78 is 0. The van der Waals surface area contributed by atoms with Crippen LogP contribution in [0.25, 0.3) is 0 Å². The topological polar surface area (TPSA) is 61.8 Å². The number of amidine groups is 1. The third kappa shape index (κ3) is 3.27. The van der Waals surface area contributed by atoms with Crippen molar-refractivity contribution in [3.63, 3.8) is 0 Å². The van der Waals surface area contributed by atoms with Crippen molar-refractivity contribution in [1.82, 2.24) is 0 Å². The van der Waals surface area contributed by atoms with Crippen LogP contribution in [0.1, 0.15) is 25.8 Å². The summed E-state index contributed by atoms with van der Waals surface area (Å²) in [6.45, 7) is 6.07. The highest BCUT2D eigenvalue weighted by molar-refractivity contribution is 6.33. The zero-order chi connectivity index (χ0) is 12.8. The summed E-state index contributed by atoms with van der Waals surface area (Å²) in [4.78, 5) is 2.19. The van der Waals surface area contributed by atoms with Crippen molar-refractivity contribution < 1.29 is 5.21 Å². The fourth-order valence-corrected chi connectivity index (χ4v) is 2.00. The van der Waals surface area contributed by atoms with Gasteiger partial charge in [-0.15, -0.1) is 0 Å². The van der Waals surface area contributed by atoms with Gasteiger partial charge in [-0.2, -0.15) is 0 Å². The molecule has 0 radical (unpaired) electrons. The van der Waals surface area contributed by atoms with Crippen LogP contribution >= 0.6 is 11.6 Å². The molecule has 0 atom stereocenters. The number of benzene rings is 1. The van der Waals surface area contributed by atoms with Crippen LogP contribution in [0.4, 0.5) is 5.69 Å². The van der Waals surface area contributed by atoms with Crippen molar-refractivity contribution in [2.24, 2.45) is 10.9 Å². The number of nitrogens with two attached hydrogens (primary N) is 1. The minimum Gasteiger partial charge on any atom is -0.409 e. The van der Waals surface area contributed by atoms with Gasteiger partial charge in [0.05, 0.1) is 10.7 Å². The Bertz CT molecular complexity index is 407. The lowest BCUT2D eigenvalue weighted by Gasteiger charge is -2.23. The number of oxime groups is 1. The lowest BCUT2D eigenvalue weighted by atomic mass is 10.1. The van der Waals surface area contributed by atoms with Crippen LogP contribution in [0.3, 0.4) is 0 Å². The Morgan fingerprint density at radius 2 is 2.18 bits per heavy atom. The fourth-order valence-electron chi connectivity index (χ4n) is 1.70. The Hall–Kier alpha value is -1.42. The van der Waals surface area contributed by atoms with Gasteiger partial charge in [-0.3, -0.25) is 0 Å². The molecule has 0 bridgehead atoms. The van der Waals surface area contributed by atoms with Gasteiger partial charge in [0.1, 0.15) is 0 Å². The Kier molecular flexibility index (Phi) is 5.10. The molecular weight excluding hydrogens is 238 g/mol. The first-order valence-corrected chi connectivity index (χ1v) is 6.04. The average Bonchev–Trinajstić information content (AvgIpc) is 2.35. The normalized spacial score (nSPS) is 11.6. The summed E-state index contributed by atoms with van der Waals surface area (Å²) in [5, 5.41) is 12.2. The molecule has 0 fully saturated rings. The summed E-state index contributed by atoms with van der Waals surface area (Å²) in [6, 6.07) is 5.41. The van der Waals surface area contributed by atoms with E-state index < -0.39 is 0 Å². The molecule has 0 amide bonds. The third-order valence-corrected chi connectivity index (χ3v) is 2.87. The minimum absolute atomic E-state index is 0.0667. The Morgan fingerprint density at radius 1 is 1.47 bits per heavy atom. The smallest absolute Gasteiger partial charge is 0.170 e. The second-order valence-electron chi connectivity index (χ2n) is 3.73. The second-order valence-corrected chi connectivity index (χ2v) is 4.14. The molecule has 1 rings (SSSR count). The zero-order valence-corrected chi connectivity index (χ0v) is 10.9. The monoisotopic (exact) mass is 255 g/mol. The first-order valence-electron chi connectivity index (χ1n) is 5.66. The molecule has 0 aromatic heterocycles. The first kappa shape index (κ1) is 13.6. The van der Waals surface area contributed by atoms with Crippen LogP contribution in [0.15, 0.2) is 23.4 Å². The highest BCUT2D eigenvalue weighted by Crippen LogP contribution is 2.27. The molecule has 0 saturated heterocycles. The largest absolute Gasteiger partial charge is 0.409 e. The summed E-state index contributed by atoms with van der Waals surface area (Å²) in [5.41, 5.74) is 7.10. The van der Waals surface area contributed by atoms with Crippen molar-refractivity contribution in [3.8, 4) is 0 Å². The number of anilines is 1. The van der Waals surface area contributed by atoms with E-state index >= 15 is 0 Å². The molecule has 3 N–H and O–H groups in total. The molecule has 17 heavy (non-hydrogen) atoms. The van der Waals surface area contributed by atoms with E-state index in [-0.39, 0.29) is 5.84 Å². The summed E-state index contributed by atoms with van der Waals surface area (Å²) >= 11 is 6.21. The lowest BCUT2D eigenvalue weighted by Crippen LogP contribution is -2.24. The van der Waals surface area contributed by atoms with Crippen LogP contribution in [-0.2, 0) is 0 Å². The van der Waals surface area contributed by atoms with E-state index in [1.54, 1.807) is 12.1 Å². The molecule has 94 valence electrons. The molecule has 0 saturated carbocycles. The van der Waals surface area contributed by atoms with E-state index in [0.29, 0.717) is 10.6 Å². The molecule has 0 aliphatic carbocycles. The first-order chi connectivity index (χ1) is 8.13. The number of halogens is 1. The number of hydrogen-bond acceptors (Lipinski definition) is 3. The van der Waals surface area contributed by atoms with E-state index in [2.05, 4.69) is 23.9 Å². The van der Waals surface area contributed by atoms with Crippen LogP contribution in [-0.4, -0.2) is 24.1 Å². The van der Waals surface area contributed by atoms with Gasteiger partial charge in [0, 0.05) is 18.7 Å². The fraction of sp³-hybridized carbons (Fsp3) is 0.417. The average molecular weight is 256 g/mol. The van der Waals surface area contributed by atoms with Gasteiger partial charge in [0.25, 0.3) is 0 Å². The minimum atomic E-state index is 0.0667. The molecule has 0 spiro atoms. The summed E-state index contributed by atoms with van der Waals surface area (Å²) in [7, 11) is 0. The van der Waals surface area contributed by atoms with Gasteiger partial charge in [-0.05, 0) is 31.5 Å². The molecule has 1 aromatic rings. The molecule has 0 aliphatic rings.